The van der Waals surface area contributed by atoms with Crippen LogP contribution in [0.3, 0.4) is 0 Å². The predicted molar refractivity (Wildman–Crippen MR) is 57.9 cm³/mol. The van der Waals surface area contributed by atoms with E-state index in [2.05, 4.69) is 22.5 Å². The molecule has 0 amide bonds. The van der Waals surface area contributed by atoms with Gasteiger partial charge in [-0.25, -0.2) is 4.39 Å². The minimum absolute atomic E-state index is 0.0647. The first-order valence-electron chi connectivity index (χ1n) is 4.23. The number of carbonyl (C=O) groups excluding carboxylic acids is 1. The van der Waals surface area contributed by atoms with Crippen LogP contribution >= 0.6 is 15.9 Å². The number of hydrogen-bond acceptors (Lipinski definition) is 1. The molecule has 1 nitrogen and oxygen atoms in total. The number of hydrogen-bond donors (Lipinski definition) is 0. The average Bonchev–Trinajstić information content (AvgIpc) is 2.12. The van der Waals surface area contributed by atoms with Gasteiger partial charge in [0.15, 0.2) is 5.78 Å². The summed E-state index contributed by atoms with van der Waals surface area (Å²) in [5, 5.41) is 0. The summed E-state index contributed by atoms with van der Waals surface area (Å²) in [4.78, 5) is 11.5. The molecule has 0 saturated carbocycles. The molecule has 1 aromatic carbocycles. The molecule has 0 spiro atoms. The molecule has 0 bridgehead atoms. The number of halogens is 2. The maximum Gasteiger partial charge on any atom is 0.163 e. The van der Waals surface area contributed by atoms with Crippen molar-refractivity contribution in [1.29, 1.82) is 0 Å². The summed E-state index contributed by atoms with van der Waals surface area (Å²) in [6, 6.07) is 4.19. The van der Waals surface area contributed by atoms with Crippen LogP contribution in [0.4, 0.5) is 4.39 Å². The first-order valence-corrected chi connectivity index (χ1v) is 5.03. The van der Waals surface area contributed by atoms with E-state index >= 15 is 0 Å². The molecular formula is C11H10BrFO. The van der Waals surface area contributed by atoms with Gasteiger partial charge in [-0.2, -0.15) is 0 Å². The van der Waals surface area contributed by atoms with Crippen LogP contribution in [-0.2, 0) is 0 Å². The van der Waals surface area contributed by atoms with Crippen molar-refractivity contribution < 1.29 is 9.18 Å². The topological polar surface area (TPSA) is 17.1 Å². The lowest BCUT2D eigenvalue weighted by Gasteiger charge is -2.00. The molecule has 14 heavy (non-hydrogen) atoms. The Morgan fingerprint density at radius 2 is 2.21 bits per heavy atom. The van der Waals surface area contributed by atoms with Crippen molar-refractivity contribution >= 4 is 21.7 Å². The van der Waals surface area contributed by atoms with Crippen LogP contribution in [0, 0.1) is 5.82 Å². The molecule has 1 aromatic rings. The van der Waals surface area contributed by atoms with Gasteiger partial charge in [-0.05, 0) is 24.6 Å². The normalized spacial score (nSPS) is 9.86. The third-order valence-corrected chi connectivity index (χ3v) is 2.22. The largest absolute Gasteiger partial charge is 0.294 e. The Labute approximate surface area is 90.8 Å². The fourth-order valence-electron chi connectivity index (χ4n) is 1.09. The van der Waals surface area contributed by atoms with Crippen LogP contribution in [0.15, 0.2) is 35.3 Å². The van der Waals surface area contributed by atoms with Gasteiger partial charge in [0.1, 0.15) is 5.82 Å². The molecule has 0 aliphatic rings. The van der Waals surface area contributed by atoms with E-state index in [0.29, 0.717) is 22.9 Å². The van der Waals surface area contributed by atoms with Gasteiger partial charge in [-0.1, -0.05) is 22.0 Å². The van der Waals surface area contributed by atoms with Crippen molar-refractivity contribution in [2.45, 2.75) is 12.8 Å². The lowest BCUT2D eigenvalue weighted by Crippen LogP contribution is -1.98. The maximum absolute atomic E-state index is 12.9. The highest BCUT2D eigenvalue weighted by atomic mass is 79.9. The third-order valence-electron chi connectivity index (χ3n) is 1.76. The van der Waals surface area contributed by atoms with Crippen molar-refractivity contribution in [1.82, 2.24) is 0 Å². The molecule has 0 aliphatic carbocycles. The average molecular weight is 257 g/mol. The standard InChI is InChI=1S/C11H10BrFO/c1-2-3-4-11(14)8-5-9(12)7-10(13)6-8/h2,5-7H,1,3-4H2. The quantitative estimate of drug-likeness (QED) is 0.593. The van der Waals surface area contributed by atoms with Crippen molar-refractivity contribution in [3.63, 3.8) is 0 Å². The number of benzene rings is 1. The molecule has 1 rings (SSSR count). The highest BCUT2D eigenvalue weighted by molar-refractivity contribution is 9.10. The van der Waals surface area contributed by atoms with Gasteiger partial charge in [0.2, 0.25) is 0 Å². The van der Waals surface area contributed by atoms with E-state index in [1.54, 1.807) is 12.1 Å². The number of carbonyl (C=O) groups is 1. The van der Waals surface area contributed by atoms with E-state index in [1.807, 2.05) is 0 Å². The number of rotatable bonds is 4. The zero-order chi connectivity index (χ0) is 10.6. The summed E-state index contributed by atoms with van der Waals surface area (Å²) in [7, 11) is 0. The second-order valence-electron chi connectivity index (χ2n) is 2.91. The van der Waals surface area contributed by atoms with E-state index in [-0.39, 0.29) is 5.78 Å². The summed E-state index contributed by atoms with van der Waals surface area (Å²) in [6.07, 6.45) is 2.67. The van der Waals surface area contributed by atoms with E-state index < -0.39 is 5.82 Å². The Kier molecular flexibility index (Phi) is 4.01. The maximum atomic E-state index is 12.9. The first kappa shape index (κ1) is 11.1. The van der Waals surface area contributed by atoms with Gasteiger partial charge >= 0.3 is 0 Å². The lowest BCUT2D eigenvalue weighted by atomic mass is 10.1. The lowest BCUT2D eigenvalue weighted by molar-refractivity contribution is 0.0983. The highest BCUT2D eigenvalue weighted by Crippen LogP contribution is 2.16. The predicted octanol–water partition coefficient (Wildman–Crippen LogP) is 3.74. The van der Waals surface area contributed by atoms with Crippen molar-refractivity contribution in [2.75, 3.05) is 0 Å². The number of ketones is 1. The van der Waals surface area contributed by atoms with Gasteiger partial charge in [-0.3, -0.25) is 4.79 Å². The highest BCUT2D eigenvalue weighted by Gasteiger charge is 2.07. The fraction of sp³-hybridized carbons (Fsp3) is 0.182. The van der Waals surface area contributed by atoms with Crippen molar-refractivity contribution in [3.8, 4) is 0 Å². The van der Waals surface area contributed by atoms with Gasteiger partial charge in [0, 0.05) is 16.5 Å². The van der Waals surface area contributed by atoms with Crippen molar-refractivity contribution in [3.05, 3.63) is 46.7 Å². The smallest absolute Gasteiger partial charge is 0.163 e. The molecule has 0 radical (unpaired) electrons. The molecule has 0 N–H and O–H groups in total. The van der Waals surface area contributed by atoms with Crippen LogP contribution in [0.2, 0.25) is 0 Å². The first-order chi connectivity index (χ1) is 6.63. The third kappa shape index (κ3) is 3.07. The fourth-order valence-corrected chi connectivity index (χ4v) is 1.56. The van der Waals surface area contributed by atoms with Gasteiger partial charge < -0.3 is 0 Å². The Morgan fingerprint density at radius 1 is 1.50 bits per heavy atom. The summed E-state index contributed by atoms with van der Waals surface area (Å²) < 4.78 is 13.5. The Bertz CT molecular complexity index is 340. The minimum atomic E-state index is -0.402. The van der Waals surface area contributed by atoms with Crippen molar-refractivity contribution in [2.24, 2.45) is 0 Å². The molecule has 0 heterocycles. The van der Waals surface area contributed by atoms with Crippen LogP contribution in [-0.4, -0.2) is 5.78 Å². The van der Waals surface area contributed by atoms with Crippen LogP contribution < -0.4 is 0 Å². The molecule has 0 aromatic heterocycles. The zero-order valence-corrected chi connectivity index (χ0v) is 9.18. The zero-order valence-electron chi connectivity index (χ0n) is 7.59. The minimum Gasteiger partial charge on any atom is -0.294 e. The van der Waals surface area contributed by atoms with Gasteiger partial charge in [-0.15, -0.1) is 6.58 Å². The van der Waals surface area contributed by atoms with Gasteiger partial charge in [0.05, 0.1) is 0 Å². The van der Waals surface area contributed by atoms with Crippen LogP contribution in [0.25, 0.3) is 0 Å². The van der Waals surface area contributed by atoms with Gasteiger partial charge in [0.25, 0.3) is 0 Å². The summed E-state index contributed by atoms with van der Waals surface area (Å²) in [5.41, 5.74) is 0.402. The summed E-state index contributed by atoms with van der Waals surface area (Å²) in [6.45, 7) is 3.53. The monoisotopic (exact) mass is 256 g/mol. The number of Topliss-reactive ketones (excluding diaryl/α,β-unsaturated/α-hetero) is 1. The van der Waals surface area contributed by atoms with E-state index in [4.69, 9.17) is 0 Å². The van der Waals surface area contributed by atoms with E-state index in [0.717, 1.165) is 0 Å². The van der Waals surface area contributed by atoms with Crippen LogP contribution in [0.5, 0.6) is 0 Å². The Balaban J connectivity index is 2.84. The Morgan fingerprint density at radius 3 is 2.79 bits per heavy atom. The van der Waals surface area contributed by atoms with E-state index in [1.165, 1.54) is 12.1 Å². The molecular weight excluding hydrogens is 247 g/mol. The molecule has 74 valence electrons. The molecule has 0 aliphatic heterocycles. The van der Waals surface area contributed by atoms with E-state index in [9.17, 15) is 9.18 Å². The second-order valence-corrected chi connectivity index (χ2v) is 3.82. The molecule has 0 unspecified atom stereocenters. The molecule has 3 heteroatoms. The summed E-state index contributed by atoms with van der Waals surface area (Å²) >= 11 is 3.14. The Hall–Kier alpha value is -0.960. The SMILES string of the molecule is C=CCCC(=O)c1cc(F)cc(Br)c1. The molecule has 0 saturated heterocycles. The molecule has 0 atom stereocenters. The molecule has 0 fully saturated rings. The second kappa shape index (κ2) is 5.05. The summed E-state index contributed by atoms with van der Waals surface area (Å²) in [5.74, 6) is -0.466. The van der Waals surface area contributed by atoms with Crippen LogP contribution in [0.1, 0.15) is 23.2 Å². The number of allylic oxidation sites excluding steroid dienone is 1.